The average molecular weight is 487 g/mol. The van der Waals surface area contributed by atoms with E-state index in [1.807, 2.05) is 73.7 Å². The fourth-order valence-electron chi connectivity index (χ4n) is 4.76. The van der Waals surface area contributed by atoms with Crippen molar-refractivity contribution in [2.75, 3.05) is 21.2 Å². The number of hydrogen-bond donors (Lipinski definition) is 3. The molecule has 7 nitrogen and oxygen atoms in total. The first kappa shape index (κ1) is 25.4. The van der Waals surface area contributed by atoms with Crippen LogP contribution in [0.3, 0.4) is 0 Å². The van der Waals surface area contributed by atoms with Crippen molar-refractivity contribution < 1.29 is 14.6 Å². The van der Waals surface area contributed by atoms with E-state index >= 15 is 0 Å². The molecule has 0 spiro atoms. The molecule has 0 unspecified atom stereocenters. The largest absolute Gasteiger partial charge is 0.497 e. The summed E-state index contributed by atoms with van der Waals surface area (Å²) in [7, 11) is 5.46. The van der Waals surface area contributed by atoms with Gasteiger partial charge in [0.25, 0.3) is 5.91 Å². The maximum atomic E-state index is 13.3. The Kier molecular flexibility index (Phi) is 8.00. The number of nitrogens with one attached hydrogen (secondary N) is 2. The Balaban J connectivity index is 1.81. The summed E-state index contributed by atoms with van der Waals surface area (Å²) in [5.74, 6) is 0.498. The number of methoxy groups -OCH3 is 1. The number of aliphatic hydroxyl groups is 1. The Hall–Kier alpha value is -3.71. The van der Waals surface area contributed by atoms with Gasteiger partial charge in [0.15, 0.2) is 0 Å². The molecule has 3 N–H and O–H groups in total. The van der Waals surface area contributed by atoms with Crippen molar-refractivity contribution in [1.29, 1.82) is 5.41 Å². The zero-order valence-corrected chi connectivity index (χ0v) is 21.1. The summed E-state index contributed by atoms with van der Waals surface area (Å²) in [6.45, 7) is 0. The quantitative estimate of drug-likeness (QED) is 0.410. The van der Waals surface area contributed by atoms with E-state index in [0.29, 0.717) is 29.6 Å². The zero-order valence-electron chi connectivity index (χ0n) is 21.1. The highest BCUT2D eigenvalue weighted by Crippen LogP contribution is 2.29. The van der Waals surface area contributed by atoms with Crippen LogP contribution >= 0.6 is 0 Å². The molecule has 1 fully saturated rings. The third kappa shape index (κ3) is 5.74. The second-order valence-electron chi connectivity index (χ2n) is 9.52. The minimum atomic E-state index is -0.537. The minimum absolute atomic E-state index is 0.269. The van der Waals surface area contributed by atoms with E-state index in [4.69, 9.17) is 15.1 Å². The highest BCUT2D eigenvalue weighted by Gasteiger charge is 2.26. The molecule has 188 valence electrons. The van der Waals surface area contributed by atoms with E-state index in [9.17, 15) is 9.90 Å². The molecular formula is C29H34N4O3. The van der Waals surface area contributed by atoms with Crippen molar-refractivity contribution in [3.8, 4) is 5.75 Å². The molecule has 0 radical (unpaired) electrons. The van der Waals surface area contributed by atoms with Crippen LogP contribution in [0.1, 0.15) is 52.9 Å². The Labute approximate surface area is 212 Å². The summed E-state index contributed by atoms with van der Waals surface area (Å²) in [4.78, 5) is 20.0. The number of para-hydroxylation sites is 1. The molecule has 36 heavy (non-hydrogen) atoms. The number of carbonyl (C=O) groups excluding carboxylic acids is 1. The molecule has 4 rings (SSSR count). The molecule has 2 atom stereocenters. The Bertz CT molecular complexity index is 1270. The summed E-state index contributed by atoms with van der Waals surface area (Å²) in [6.07, 6.45) is 6.66. The molecule has 1 aromatic heterocycles. The van der Waals surface area contributed by atoms with E-state index < -0.39 is 6.10 Å². The average Bonchev–Trinajstić information content (AvgIpc) is 2.88. The highest BCUT2D eigenvalue weighted by molar-refractivity contribution is 6.13. The number of nitrogens with zero attached hydrogens (tertiary/aromatic N) is 2. The second-order valence-corrected chi connectivity index (χ2v) is 9.52. The Morgan fingerprint density at radius 1 is 1.19 bits per heavy atom. The Morgan fingerprint density at radius 3 is 2.61 bits per heavy atom. The van der Waals surface area contributed by atoms with Crippen molar-refractivity contribution in [2.45, 2.75) is 44.2 Å². The summed E-state index contributed by atoms with van der Waals surface area (Å²) < 4.78 is 5.29. The van der Waals surface area contributed by atoms with Crippen LogP contribution in [-0.4, -0.2) is 60.5 Å². The van der Waals surface area contributed by atoms with Crippen LogP contribution in [0.25, 0.3) is 16.5 Å². The lowest BCUT2D eigenvalue weighted by Crippen LogP contribution is -2.45. The predicted octanol–water partition coefficient (Wildman–Crippen LogP) is 4.42. The number of amides is 1. The van der Waals surface area contributed by atoms with Gasteiger partial charge in [-0.1, -0.05) is 43.2 Å². The third-order valence-corrected chi connectivity index (χ3v) is 6.62. The van der Waals surface area contributed by atoms with E-state index in [1.165, 1.54) is 6.21 Å². The number of aromatic nitrogens is 1. The predicted molar refractivity (Wildman–Crippen MR) is 144 cm³/mol. The number of allylic oxidation sites excluding steroid dienone is 1. The number of rotatable bonds is 8. The van der Waals surface area contributed by atoms with E-state index in [-0.39, 0.29) is 11.9 Å². The molecular weight excluding hydrogens is 452 g/mol. The van der Waals surface area contributed by atoms with Crippen LogP contribution in [0.15, 0.2) is 54.7 Å². The molecule has 1 aliphatic carbocycles. The van der Waals surface area contributed by atoms with Gasteiger partial charge in [-0.05, 0) is 48.6 Å². The van der Waals surface area contributed by atoms with Gasteiger partial charge in [-0.25, -0.2) is 4.98 Å². The van der Waals surface area contributed by atoms with Gasteiger partial charge in [0.05, 0.1) is 24.8 Å². The molecule has 1 amide bonds. The topological polar surface area (TPSA) is 98.5 Å². The van der Waals surface area contributed by atoms with E-state index in [2.05, 4.69) is 5.32 Å². The van der Waals surface area contributed by atoms with Gasteiger partial charge in [0.2, 0.25) is 0 Å². The second kappa shape index (κ2) is 11.4. The van der Waals surface area contributed by atoms with Gasteiger partial charge < -0.3 is 25.5 Å². The normalized spacial score (nSPS) is 18.1. The number of carbonyl (C=O) groups is 1. The molecule has 0 bridgehead atoms. The van der Waals surface area contributed by atoms with Gasteiger partial charge in [-0.2, -0.15) is 0 Å². The Morgan fingerprint density at radius 2 is 1.94 bits per heavy atom. The lowest BCUT2D eigenvalue weighted by molar-refractivity contribution is 0.0714. The van der Waals surface area contributed by atoms with E-state index in [1.54, 1.807) is 7.11 Å². The molecule has 1 heterocycles. The summed E-state index contributed by atoms with van der Waals surface area (Å²) in [6, 6.07) is 15.4. The lowest BCUT2D eigenvalue weighted by atomic mass is 9.92. The summed E-state index contributed by atoms with van der Waals surface area (Å²) in [5.41, 5.74) is 4.53. The highest BCUT2D eigenvalue weighted by atomic mass is 16.5. The fourth-order valence-corrected chi connectivity index (χ4v) is 4.76. The number of hydrogen-bond acceptors (Lipinski definition) is 6. The first-order valence-electron chi connectivity index (χ1n) is 12.3. The van der Waals surface area contributed by atoms with Crippen LogP contribution in [0.2, 0.25) is 0 Å². The first-order chi connectivity index (χ1) is 17.4. The monoisotopic (exact) mass is 486 g/mol. The minimum Gasteiger partial charge on any atom is -0.497 e. The standard InChI is InChI=1S/C29H34N4O3/c1-33(2)18-21(17-30)24-8-6-7-23-20(15-19-11-13-22(36-3)14-12-19)16-26(31-28(23)24)29(35)32-25-9-4-5-10-27(25)34/h6-8,11-14,16-18,25,27,30,34H,4-5,9-10,15H2,1-3H3,(H,32,35)/b21-18+,30-17?/t25-,27-/m0/s1. The van der Waals surface area contributed by atoms with Gasteiger partial charge >= 0.3 is 0 Å². The van der Waals surface area contributed by atoms with Gasteiger partial charge in [0, 0.05) is 43.0 Å². The van der Waals surface area contributed by atoms with Crippen molar-refractivity contribution in [2.24, 2.45) is 0 Å². The van der Waals surface area contributed by atoms with Crippen LogP contribution < -0.4 is 10.1 Å². The fraction of sp³-hybridized carbons (Fsp3) is 0.345. The van der Waals surface area contributed by atoms with Crippen LogP contribution in [0.4, 0.5) is 0 Å². The number of aliphatic hydroxyl groups excluding tert-OH is 1. The van der Waals surface area contributed by atoms with Gasteiger partial charge in [-0.3, -0.25) is 4.79 Å². The zero-order chi connectivity index (χ0) is 25.7. The molecule has 0 aliphatic heterocycles. The number of pyridine rings is 1. The molecule has 2 aromatic carbocycles. The summed E-state index contributed by atoms with van der Waals surface area (Å²) in [5, 5.41) is 22.3. The molecule has 0 saturated heterocycles. The number of ether oxygens (including phenoxy) is 1. The summed E-state index contributed by atoms with van der Waals surface area (Å²) >= 11 is 0. The molecule has 1 saturated carbocycles. The van der Waals surface area contributed by atoms with Crippen molar-refractivity contribution in [3.05, 3.63) is 77.1 Å². The maximum absolute atomic E-state index is 13.3. The van der Waals surface area contributed by atoms with Crippen LogP contribution in [-0.2, 0) is 6.42 Å². The van der Waals surface area contributed by atoms with Gasteiger partial charge in [-0.15, -0.1) is 0 Å². The van der Waals surface area contributed by atoms with Crippen LogP contribution in [0.5, 0.6) is 5.75 Å². The van der Waals surface area contributed by atoms with Crippen LogP contribution in [0, 0.1) is 5.41 Å². The SMILES string of the molecule is COc1ccc(Cc2cc(C(=O)N[C@H]3CCCC[C@@H]3O)nc3c(/C(C=N)=C/N(C)C)cccc23)cc1. The maximum Gasteiger partial charge on any atom is 0.270 e. The van der Waals surface area contributed by atoms with Crippen molar-refractivity contribution >= 4 is 28.6 Å². The van der Waals surface area contributed by atoms with Crippen molar-refractivity contribution in [1.82, 2.24) is 15.2 Å². The smallest absolute Gasteiger partial charge is 0.270 e. The lowest BCUT2D eigenvalue weighted by Gasteiger charge is -2.28. The number of fused-ring (bicyclic) bond motifs is 1. The number of benzene rings is 2. The third-order valence-electron chi connectivity index (χ3n) is 6.62. The molecule has 7 heteroatoms. The van der Waals surface area contributed by atoms with Gasteiger partial charge in [0.1, 0.15) is 11.4 Å². The molecule has 1 aliphatic rings. The van der Waals surface area contributed by atoms with E-state index in [0.717, 1.165) is 47.1 Å². The molecule has 3 aromatic rings. The van der Waals surface area contributed by atoms with Crippen molar-refractivity contribution in [3.63, 3.8) is 0 Å². The first-order valence-corrected chi connectivity index (χ1v) is 12.3.